The van der Waals surface area contributed by atoms with Crippen LogP contribution in [0.15, 0.2) is 48.5 Å². The molecule has 8 heteroatoms. The number of ether oxygens (including phenoxy) is 1. The molecule has 0 aliphatic rings. The summed E-state index contributed by atoms with van der Waals surface area (Å²) in [5.74, 6) is -1.97. The fourth-order valence-corrected chi connectivity index (χ4v) is 2.80. The lowest BCUT2D eigenvalue weighted by atomic mass is 10.2. The minimum absolute atomic E-state index is 0.0808. The first-order chi connectivity index (χ1) is 13.3. The molecule has 28 heavy (non-hydrogen) atoms. The monoisotopic (exact) mass is 401 g/mol. The van der Waals surface area contributed by atoms with E-state index in [-0.39, 0.29) is 16.3 Å². The Morgan fingerprint density at radius 1 is 1.14 bits per heavy atom. The van der Waals surface area contributed by atoms with Gasteiger partial charge < -0.3 is 10.1 Å². The summed E-state index contributed by atoms with van der Waals surface area (Å²) in [4.78, 5) is 24.0. The van der Waals surface area contributed by atoms with Crippen LogP contribution in [0.25, 0.3) is 5.69 Å². The molecule has 1 aromatic heterocycles. The van der Waals surface area contributed by atoms with Crippen LogP contribution < -0.4 is 5.32 Å². The molecule has 0 aliphatic heterocycles. The minimum atomic E-state index is -0.672. The molecule has 0 unspecified atom stereocenters. The molecule has 1 heterocycles. The average molecular weight is 402 g/mol. The number of benzene rings is 2. The van der Waals surface area contributed by atoms with Crippen LogP contribution in [-0.4, -0.2) is 28.3 Å². The molecule has 0 saturated heterocycles. The lowest BCUT2D eigenvalue weighted by Crippen LogP contribution is -2.21. The Morgan fingerprint density at radius 3 is 2.50 bits per heavy atom. The van der Waals surface area contributed by atoms with Crippen LogP contribution in [0, 0.1) is 19.7 Å². The third kappa shape index (κ3) is 4.55. The van der Waals surface area contributed by atoms with Gasteiger partial charge in [-0.15, -0.1) is 0 Å². The number of hydrogen-bond donors (Lipinski definition) is 1. The zero-order chi connectivity index (χ0) is 20.3. The normalized spacial score (nSPS) is 10.6. The zero-order valence-corrected chi connectivity index (χ0v) is 16.0. The van der Waals surface area contributed by atoms with Gasteiger partial charge in [0.1, 0.15) is 5.82 Å². The van der Waals surface area contributed by atoms with Crippen molar-refractivity contribution in [3.05, 3.63) is 76.3 Å². The fourth-order valence-electron chi connectivity index (χ4n) is 2.62. The van der Waals surface area contributed by atoms with Gasteiger partial charge in [0.25, 0.3) is 5.91 Å². The van der Waals surface area contributed by atoms with Gasteiger partial charge in [-0.25, -0.2) is 13.9 Å². The standard InChI is InChI=1S/C20H17ClFN3O3/c1-12-9-13(2)25(24-12)16-6-3-14(4-7-16)20(27)28-11-19(26)23-18-10-15(21)5-8-17(18)22/h3-10H,11H2,1-2H3,(H,23,26). The summed E-state index contributed by atoms with van der Waals surface area (Å²) < 4.78 is 20.4. The molecule has 0 saturated carbocycles. The molecule has 1 N–H and O–H groups in total. The van der Waals surface area contributed by atoms with Crippen LogP contribution in [-0.2, 0) is 9.53 Å². The second-order valence-electron chi connectivity index (χ2n) is 6.13. The Balaban J connectivity index is 1.59. The highest BCUT2D eigenvalue weighted by molar-refractivity contribution is 6.30. The number of anilines is 1. The first kappa shape index (κ1) is 19.6. The number of amides is 1. The smallest absolute Gasteiger partial charge is 0.338 e. The highest BCUT2D eigenvalue weighted by Gasteiger charge is 2.13. The largest absolute Gasteiger partial charge is 0.452 e. The topological polar surface area (TPSA) is 73.2 Å². The van der Waals surface area contributed by atoms with Crippen molar-refractivity contribution in [2.45, 2.75) is 13.8 Å². The van der Waals surface area contributed by atoms with E-state index in [0.717, 1.165) is 23.1 Å². The highest BCUT2D eigenvalue weighted by Crippen LogP contribution is 2.19. The average Bonchev–Trinajstić information content (AvgIpc) is 3.01. The van der Waals surface area contributed by atoms with Crippen LogP contribution in [0.5, 0.6) is 0 Å². The number of esters is 1. The Kier molecular flexibility index (Phi) is 5.75. The van der Waals surface area contributed by atoms with E-state index in [1.165, 1.54) is 12.1 Å². The van der Waals surface area contributed by atoms with Crippen molar-refractivity contribution in [1.82, 2.24) is 9.78 Å². The maximum Gasteiger partial charge on any atom is 0.338 e. The summed E-state index contributed by atoms with van der Waals surface area (Å²) >= 11 is 5.77. The molecule has 0 radical (unpaired) electrons. The number of aromatic nitrogens is 2. The van der Waals surface area contributed by atoms with Gasteiger partial charge in [0, 0.05) is 10.7 Å². The van der Waals surface area contributed by atoms with Gasteiger partial charge in [-0.05, 0) is 62.4 Å². The summed E-state index contributed by atoms with van der Waals surface area (Å²) in [6, 6.07) is 12.4. The number of halogens is 2. The molecule has 0 fully saturated rings. The van der Waals surface area contributed by atoms with Gasteiger partial charge in [0.2, 0.25) is 0 Å². The molecule has 3 aromatic rings. The van der Waals surface area contributed by atoms with Crippen LogP contribution in [0.2, 0.25) is 5.02 Å². The number of carbonyl (C=O) groups is 2. The second kappa shape index (κ2) is 8.22. The van der Waals surface area contributed by atoms with E-state index in [1.54, 1.807) is 28.9 Å². The Labute approximate surface area is 165 Å². The molecule has 3 rings (SSSR count). The number of rotatable bonds is 5. The van der Waals surface area contributed by atoms with E-state index in [1.807, 2.05) is 19.9 Å². The van der Waals surface area contributed by atoms with Crippen molar-refractivity contribution < 1.29 is 18.7 Å². The van der Waals surface area contributed by atoms with Gasteiger partial charge in [-0.1, -0.05) is 11.6 Å². The summed E-state index contributed by atoms with van der Waals surface area (Å²) in [5.41, 5.74) is 2.87. The first-order valence-corrected chi connectivity index (χ1v) is 8.77. The summed E-state index contributed by atoms with van der Waals surface area (Å²) in [6.45, 7) is 3.28. The van der Waals surface area contributed by atoms with E-state index < -0.39 is 24.3 Å². The van der Waals surface area contributed by atoms with Gasteiger partial charge in [0.15, 0.2) is 6.61 Å². The molecular weight excluding hydrogens is 385 g/mol. The summed E-state index contributed by atoms with van der Waals surface area (Å²) in [6.07, 6.45) is 0. The third-order valence-corrected chi connectivity index (χ3v) is 4.13. The number of nitrogens with zero attached hydrogens (tertiary/aromatic N) is 2. The van der Waals surface area contributed by atoms with E-state index in [9.17, 15) is 14.0 Å². The first-order valence-electron chi connectivity index (χ1n) is 8.39. The molecule has 0 bridgehead atoms. The molecule has 0 spiro atoms. The molecular formula is C20H17ClFN3O3. The van der Waals surface area contributed by atoms with Crippen molar-refractivity contribution in [2.75, 3.05) is 11.9 Å². The van der Waals surface area contributed by atoms with E-state index in [0.29, 0.717) is 0 Å². The van der Waals surface area contributed by atoms with Crippen molar-refractivity contribution in [1.29, 1.82) is 0 Å². The van der Waals surface area contributed by atoms with Crippen LogP contribution in [0.4, 0.5) is 10.1 Å². The fraction of sp³-hybridized carbons (Fsp3) is 0.150. The number of hydrogen-bond acceptors (Lipinski definition) is 4. The number of carbonyl (C=O) groups excluding carboxylic acids is 2. The highest BCUT2D eigenvalue weighted by atomic mass is 35.5. The van der Waals surface area contributed by atoms with Crippen LogP contribution in [0.3, 0.4) is 0 Å². The van der Waals surface area contributed by atoms with Crippen molar-refractivity contribution in [2.24, 2.45) is 0 Å². The van der Waals surface area contributed by atoms with Crippen LogP contribution in [0.1, 0.15) is 21.7 Å². The SMILES string of the molecule is Cc1cc(C)n(-c2ccc(C(=O)OCC(=O)Nc3cc(Cl)ccc3F)cc2)n1. The quantitative estimate of drug-likeness (QED) is 0.654. The Bertz CT molecular complexity index is 1030. The molecule has 0 aliphatic carbocycles. The number of aryl methyl sites for hydroxylation is 2. The molecule has 0 atom stereocenters. The Morgan fingerprint density at radius 2 is 1.86 bits per heavy atom. The minimum Gasteiger partial charge on any atom is -0.452 e. The molecule has 1 amide bonds. The van der Waals surface area contributed by atoms with Crippen LogP contribution >= 0.6 is 11.6 Å². The zero-order valence-electron chi connectivity index (χ0n) is 15.2. The lowest BCUT2D eigenvalue weighted by molar-refractivity contribution is -0.119. The maximum atomic E-state index is 13.6. The van der Waals surface area contributed by atoms with Gasteiger partial charge in [-0.3, -0.25) is 4.79 Å². The molecule has 144 valence electrons. The second-order valence-corrected chi connectivity index (χ2v) is 6.57. The van der Waals surface area contributed by atoms with Crippen molar-refractivity contribution >= 4 is 29.2 Å². The van der Waals surface area contributed by atoms with Crippen molar-refractivity contribution in [3.63, 3.8) is 0 Å². The van der Waals surface area contributed by atoms with E-state index in [4.69, 9.17) is 16.3 Å². The van der Waals surface area contributed by atoms with Gasteiger partial charge in [0.05, 0.1) is 22.6 Å². The summed E-state index contributed by atoms with van der Waals surface area (Å²) in [5, 5.41) is 6.96. The van der Waals surface area contributed by atoms with Gasteiger partial charge in [-0.2, -0.15) is 5.10 Å². The Hall–Kier alpha value is -3.19. The third-order valence-electron chi connectivity index (χ3n) is 3.89. The lowest BCUT2D eigenvalue weighted by Gasteiger charge is -2.09. The predicted octanol–water partition coefficient (Wildman–Crippen LogP) is 4.08. The summed E-state index contributed by atoms with van der Waals surface area (Å²) in [7, 11) is 0. The predicted molar refractivity (Wildman–Crippen MR) is 103 cm³/mol. The van der Waals surface area contributed by atoms with Crippen molar-refractivity contribution in [3.8, 4) is 5.69 Å². The number of nitrogens with one attached hydrogen (secondary N) is 1. The van der Waals surface area contributed by atoms with Gasteiger partial charge >= 0.3 is 5.97 Å². The molecule has 6 nitrogen and oxygen atoms in total. The van der Waals surface area contributed by atoms with E-state index >= 15 is 0 Å². The molecule has 2 aromatic carbocycles. The van der Waals surface area contributed by atoms with E-state index in [2.05, 4.69) is 10.4 Å². The maximum absolute atomic E-state index is 13.6.